The number of amidine groups is 1. The molecule has 1 heterocycles. The molecule has 0 saturated carbocycles. The second-order valence-corrected chi connectivity index (χ2v) is 6.49. The first kappa shape index (κ1) is 19.6. The zero-order chi connectivity index (χ0) is 20.3. The lowest BCUT2D eigenvalue weighted by molar-refractivity contribution is -0.384. The van der Waals surface area contributed by atoms with E-state index in [0.29, 0.717) is 22.1 Å². The van der Waals surface area contributed by atoms with Crippen LogP contribution < -0.4 is 5.32 Å². The molecule has 0 radical (unpaired) electrons. The summed E-state index contributed by atoms with van der Waals surface area (Å²) in [4.78, 5) is 27.8. The van der Waals surface area contributed by atoms with Crippen LogP contribution in [0.2, 0.25) is 5.02 Å². The number of allylic oxidation sites excluding steroid dienone is 1. The molecule has 8 heteroatoms. The maximum Gasteiger partial charge on any atom is 0.338 e. The summed E-state index contributed by atoms with van der Waals surface area (Å²) in [5.74, 6) is -0.00495. The topological polar surface area (TPSA) is 93.8 Å². The van der Waals surface area contributed by atoms with Crippen molar-refractivity contribution >= 4 is 29.1 Å². The number of ether oxygens (including phenoxy) is 1. The Morgan fingerprint density at radius 1 is 1.29 bits per heavy atom. The molecule has 2 aromatic rings. The van der Waals surface area contributed by atoms with Gasteiger partial charge in [-0.2, -0.15) is 0 Å². The third-order valence-corrected chi connectivity index (χ3v) is 4.63. The van der Waals surface area contributed by atoms with Gasteiger partial charge in [-0.05, 0) is 19.9 Å². The quantitative estimate of drug-likeness (QED) is 0.462. The molecule has 1 aliphatic heterocycles. The normalized spacial score (nSPS) is 16.2. The van der Waals surface area contributed by atoms with E-state index in [0.717, 1.165) is 5.56 Å². The summed E-state index contributed by atoms with van der Waals surface area (Å²) < 4.78 is 5.18. The van der Waals surface area contributed by atoms with Crippen LogP contribution in [0.3, 0.4) is 0 Å². The van der Waals surface area contributed by atoms with Gasteiger partial charge in [0.2, 0.25) is 0 Å². The summed E-state index contributed by atoms with van der Waals surface area (Å²) in [6.45, 7) is 3.60. The number of nitro groups is 1. The Morgan fingerprint density at radius 2 is 2.00 bits per heavy atom. The van der Waals surface area contributed by atoms with Crippen LogP contribution in [0, 0.1) is 10.1 Å². The number of nitro benzene ring substituents is 1. The zero-order valence-corrected chi connectivity index (χ0v) is 16.1. The van der Waals surface area contributed by atoms with E-state index in [1.165, 1.54) is 18.2 Å². The molecule has 0 fully saturated rings. The fourth-order valence-corrected chi connectivity index (χ4v) is 3.22. The number of nitrogens with one attached hydrogen (secondary N) is 1. The third-order valence-electron chi connectivity index (χ3n) is 4.28. The van der Waals surface area contributed by atoms with E-state index < -0.39 is 16.9 Å². The van der Waals surface area contributed by atoms with Crippen molar-refractivity contribution < 1.29 is 14.5 Å². The number of nitrogens with zero attached hydrogens (tertiary/aromatic N) is 2. The molecule has 144 valence electrons. The Balaban J connectivity index is 2.15. The summed E-state index contributed by atoms with van der Waals surface area (Å²) in [6.07, 6.45) is 0. The van der Waals surface area contributed by atoms with Crippen molar-refractivity contribution in [3.05, 3.63) is 86.1 Å². The highest BCUT2D eigenvalue weighted by Gasteiger charge is 2.33. The van der Waals surface area contributed by atoms with Gasteiger partial charge in [0.15, 0.2) is 0 Å². The Bertz CT molecular complexity index is 986. The predicted molar refractivity (Wildman–Crippen MR) is 106 cm³/mol. The SMILES string of the molecule is CCOC(=O)C1=C(C)N=C(c2ccccc2)NC1c1cc([N+](=O)[O-])ccc1Cl. The van der Waals surface area contributed by atoms with Crippen molar-refractivity contribution in [2.45, 2.75) is 19.9 Å². The lowest BCUT2D eigenvalue weighted by Gasteiger charge is -2.28. The molecule has 7 nitrogen and oxygen atoms in total. The fourth-order valence-electron chi connectivity index (χ4n) is 3.00. The maximum atomic E-state index is 12.6. The van der Waals surface area contributed by atoms with Gasteiger partial charge >= 0.3 is 5.97 Å². The standard InChI is InChI=1S/C20H18ClN3O4/c1-3-28-20(25)17-12(2)22-19(13-7-5-4-6-8-13)23-18(17)15-11-14(24(26)27)9-10-16(15)21/h4-11,18H,3H2,1-2H3,(H,22,23). The summed E-state index contributed by atoms with van der Waals surface area (Å²) >= 11 is 6.35. The molecule has 0 saturated heterocycles. The van der Waals surface area contributed by atoms with E-state index in [9.17, 15) is 14.9 Å². The Morgan fingerprint density at radius 3 is 2.64 bits per heavy atom. The third kappa shape index (κ3) is 3.89. The van der Waals surface area contributed by atoms with Crippen molar-refractivity contribution in [2.75, 3.05) is 6.61 Å². The van der Waals surface area contributed by atoms with Gasteiger partial charge < -0.3 is 10.1 Å². The molecule has 2 aromatic carbocycles. The molecular formula is C20H18ClN3O4. The first-order chi connectivity index (χ1) is 13.4. The molecule has 0 aromatic heterocycles. The average molecular weight is 400 g/mol. The zero-order valence-electron chi connectivity index (χ0n) is 15.3. The van der Waals surface area contributed by atoms with E-state index in [2.05, 4.69) is 10.3 Å². The second-order valence-electron chi connectivity index (χ2n) is 6.09. The maximum absolute atomic E-state index is 12.6. The van der Waals surface area contributed by atoms with Crippen LogP contribution >= 0.6 is 11.6 Å². The highest BCUT2D eigenvalue weighted by atomic mass is 35.5. The number of carbonyl (C=O) groups is 1. The molecule has 28 heavy (non-hydrogen) atoms. The number of hydrogen-bond donors (Lipinski definition) is 1. The van der Waals surface area contributed by atoms with Crippen molar-refractivity contribution in [1.82, 2.24) is 5.32 Å². The predicted octanol–water partition coefficient (Wildman–Crippen LogP) is 4.18. The largest absolute Gasteiger partial charge is 0.463 e. The lowest BCUT2D eigenvalue weighted by Crippen LogP contribution is -2.37. The number of esters is 1. The molecule has 1 N–H and O–H groups in total. The molecule has 0 aliphatic carbocycles. The van der Waals surface area contributed by atoms with Gasteiger partial charge in [0.1, 0.15) is 5.84 Å². The van der Waals surface area contributed by atoms with E-state index in [1.807, 2.05) is 30.3 Å². The van der Waals surface area contributed by atoms with Gasteiger partial charge in [0, 0.05) is 28.3 Å². The lowest BCUT2D eigenvalue weighted by atomic mass is 9.94. The molecule has 1 unspecified atom stereocenters. The fraction of sp³-hybridized carbons (Fsp3) is 0.200. The van der Waals surface area contributed by atoms with Crippen LogP contribution in [0.1, 0.15) is 31.0 Å². The highest BCUT2D eigenvalue weighted by molar-refractivity contribution is 6.31. The molecule has 0 spiro atoms. The number of non-ortho nitro benzene ring substituents is 1. The van der Waals surface area contributed by atoms with Crippen LogP contribution in [-0.4, -0.2) is 23.3 Å². The minimum absolute atomic E-state index is 0.120. The minimum atomic E-state index is -0.737. The molecular weight excluding hydrogens is 382 g/mol. The van der Waals surface area contributed by atoms with Crippen molar-refractivity contribution in [3.63, 3.8) is 0 Å². The van der Waals surface area contributed by atoms with Gasteiger partial charge in [-0.3, -0.25) is 10.1 Å². The summed E-state index contributed by atoms with van der Waals surface area (Å²) in [6, 6.07) is 12.8. The first-order valence-electron chi connectivity index (χ1n) is 8.64. The van der Waals surface area contributed by atoms with E-state index in [1.54, 1.807) is 13.8 Å². The number of halogens is 1. The van der Waals surface area contributed by atoms with Crippen LogP contribution in [0.5, 0.6) is 0 Å². The second kappa shape index (κ2) is 8.22. The van der Waals surface area contributed by atoms with Crippen LogP contribution in [0.4, 0.5) is 5.69 Å². The number of carbonyl (C=O) groups excluding carboxylic acids is 1. The monoisotopic (exact) mass is 399 g/mol. The van der Waals surface area contributed by atoms with Gasteiger partial charge in [-0.25, -0.2) is 9.79 Å². The van der Waals surface area contributed by atoms with Crippen molar-refractivity contribution in [3.8, 4) is 0 Å². The van der Waals surface area contributed by atoms with E-state index >= 15 is 0 Å². The molecule has 0 bridgehead atoms. The Kier molecular flexibility index (Phi) is 5.75. The molecule has 0 amide bonds. The first-order valence-corrected chi connectivity index (χ1v) is 9.02. The summed E-state index contributed by atoms with van der Waals surface area (Å²) in [7, 11) is 0. The molecule has 3 rings (SSSR count). The van der Waals surface area contributed by atoms with Crippen molar-refractivity contribution in [2.24, 2.45) is 4.99 Å². The van der Waals surface area contributed by atoms with Crippen LogP contribution in [0.15, 0.2) is 64.8 Å². The van der Waals surface area contributed by atoms with Gasteiger partial charge in [-0.15, -0.1) is 0 Å². The summed E-state index contributed by atoms with van der Waals surface area (Å²) in [5, 5.41) is 14.7. The summed E-state index contributed by atoms with van der Waals surface area (Å²) in [5.41, 5.74) is 1.83. The molecule has 1 aliphatic rings. The molecule has 1 atom stereocenters. The number of hydrogen-bond acceptors (Lipinski definition) is 6. The number of rotatable bonds is 5. The average Bonchev–Trinajstić information content (AvgIpc) is 2.68. The van der Waals surface area contributed by atoms with Crippen LogP contribution in [0.25, 0.3) is 0 Å². The number of benzene rings is 2. The van der Waals surface area contributed by atoms with Gasteiger partial charge in [-0.1, -0.05) is 41.9 Å². The number of aliphatic imine (C=N–C) groups is 1. The minimum Gasteiger partial charge on any atom is -0.463 e. The Hall–Kier alpha value is -3.19. The van der Waals surface area contributed by atoms with E-state index in [4.69, 9.17) is 16.3 Å². The van der Waals surface area contributed by atoms with E-state index in [-0.39, 0.29) is 17.9 Å². The highest BCUT2D eigenvalue weighted by Crippen LogP contribution is 2.35. The Labute approximate surface area is 166 Å². The van der Waals surface area contributed by atoms with Gasteiger partial charge in [0.25, 0.3) is 5.69 Å². The van der Waals surface area contributed by atoms with Crippen molar-refractivity contribution in [1.29, 1.82) is 0 Å². The smallest absolute Gasteiger partial charge is 0.338 e. The van der Waals surface area contributed by atoms with Gasteiger partial charge in [0.05, 0.1) is 28.8 Å². The van der Waals surface area contributed by atoms with Crippen LogP contribution in [-0.2, 0) is 9.53 Å².